The Balaban J connectivity index is 2.23. The zero-order valence-electron chi connectivity index (χ0n) is 11.8. The van der Waals surface area contributed by atoms with Crippen LogP contribution in [0.4, 0.5) is 11.6 Å². The Morgan fingerprint density at radius 1 is 1.32 bits per heavy atom. The number of rotatable bonds is 4. The van der Waals surface area contributed by atoms with E-state index in [-0.39, 0.29) is 5.91 Å². The fraction of sp³-hybridized carbons (Fsp3) is 0.615. The number of carbonyl (C=O) groups is 1. The molecule has 1 aliphatic rings. The summed E-state index contributed by atoms with van der Waals surface area (Å²) < 4.78 is 0. The molecule has 1 fully saturated rings. The molecule has 0 radical (unpaired) electrons. The van der Waals surface area contributed by atoms with E-state index in [1.807, 2.05) is 31.9 Å². The largest absolute Gasteiger partial charge is 0.370 e. The van der Waals surface area contributed by atoms with E-state index >= 15 is 0 Å². The van der Waals surface area contributed by atoms with Crippen LogP contribution in [0.5, 0.6) is 0 Å². The first-order valence-electron chi connectivity index (χ1n) is 6.74. The normalized spacial score (nSPS) is 15.8. The van der Waals surface area contributed by atoms with E-state index in [0.717, 1.165) is 43.5 Å². The molecule has 19 heavy (non-hydrogen) atoms. The topological polar surface area (TPSA) is 61.4 Å². The summed E-state index contributed by atoms with van der Waals surface area (Å²) in [5, 5.41) is 3.21. The predicted molar refractivity (Wildman–Crippen MR) is 75.4 cm³/mol. The molecule has 2 rings (SSSR count). The molecular formula is C13H21N5O. The standard InChI is InChI=1S/C13H21N5O/c1-4-10-15-11(14-5-2)8-12(16-10)18-7-6-17(3)13(19)9-18/h8H,4-7,9H2,1-3H3,(H,14,15,16). The molecule has 104 valence electrons. The van der Waals surface area contributed by atoms with Crippen molar-refractivity contribution in [3.05, 3.63) is 11.9 Å². The first-order chi connectivity index (χ1) is 9.13. The highest BCUT2D eigenvalue weighted by molar-refractivity contribution is 5.82. The van der Waals surface area contributed by atoms with Gasteiger partial charge in [0.2, 0.25) is 5.91 Å². The molecule has 1 aromatic heterocycles. The Hall–Kier alpha value is -1.85. The van der Waals surface area contributed by atoms with Gasteiger partial charge in [0.25, 0.3) is 0 Å². The number of nitrogens with zero attached hydrogens (tertiary/aromatic N) is 4. The van der Waals surface area contributed by atoms with Crippen LogP contribution < -0.4 is 10.2 Å². The Kier molecular flexibility index (Phi) is 4.19. The van der Waals surface area contributed by atoms with Crippen molar-refractivity contribution in [3.8, 4) is 0 Å². The number of aryl methyl sites for hydroxylation is 1. The van der Waals surface area contributed by atoms with Crippen molar-refractivity contribution in [1.82, 2.24) is 14.9 Å². The molecule has 1 aliphatic heterocycles. The molecule has 0 spiro atoms. The summed E-state index contributed by atoms with van der Waals surface area (Å²) in [5.41, 5.74) is 0. The van der Waals surface area contributed by atoms with Gasteiger partial charge in [0.15, 0.2) is 0 Å². The minimum Gasteiger partial charge on any atom is -0.370 e. The summed E-state index contributed by atoms with van der Waals surface area (Å²) in [6.07, 6.45) is 0.786. The Labute approximate surface area is 113 Å². The van der Waals surface area contributed by atoms with Gasteiger partial charge in [-0.15, -0.1) is 0 Å². The van der Waals surface area contributed by atoms with E-state index in [9.17, 15) is 4.79 Å². The molecular weight excluding hydrogens is 242 g/mol. The van der Waals surface area contributed by atoms with Crippen LogP contribution in [0.15, 0.2) is 6.07 Å². The number of amides is 1. The summed E-state index contributed by atoms with van der Waals surface area (Å²) in [5.74, 6) is 2.60. The van der Waals surface area contributed by atoms with Crippen molar-refractivity contribution in [3.63, 3.8) is 0 Å². The molecule has 0 atom stereocenters. The third-order valence-electron chi connectivity index (χ3n) is 3.21. The van der Waals surface area contributed by atoms with Gasteiger partial charge in [0.05, 0.1) is 6.54 Å². The maximum atomic E-state index is 11.8. The van der Waals surface area contributed by atoms with Crippen LogP contribution in [0.2, 0.25) is 0 Å². The molecule has 1 N–H and O–H groups in total. The van der Waals surface area contributed by atoms with Gasteiger partial charge in [-0.25, -0.2) is 9.97 Å². The molecule has 0 aliphatic carbocycles. The van der Waals surface area contributed by atoms with E-state index in [4.69, 9.17) is 0 Å². The number of piperazine rings is 1. The van der Waals surface area contributed by atoms with Crippen LogP contribution in [-0.2, 0) is 11.2 Å². The van der Waals surface area contributed by atoms with Crippen molar-refractivity contribution in [2.75, 3.05) is 43.4 Å². The smallest absolute Gasteiger partial charge is 0.241 e. The number of carbonyl (C=O) groups excluding carboxylic acids is 1. The zero-order valence-corrected chi connectivity index (χ0v) is 11.8. The van der Waals surface area contributed by atoms with Crippen LogP contribution >= 0.6 is 0 Å². The lowest BCUT2D eigenvalue weighted by Gasteiger charge is -2.33. The van der Waals surface area contributed by atoms with E-state index in [1.165, 1.54) is 0 Å². The van der Waals surface area contributed by atoms with Crippen molar-refractivity contribution >= 4 is 17.5 Å². The van der Waals surface area contributed by atoms with Gasteiger partial charge >= 0.3 is 0 Å². The lowest BCUT2D eigenvalue weighted by atomic mass is 10.3. The van der Waals surface area contributed by atoms with Crippen molar-refractivity contribution in [2.24, 2.45) is 0 Å². The van der Waals surface area contributed by atoms with Gasteiger partial charge in [-0.05, 0) is 6.92 Å². The number of aromatic nitrogens is 2. The zero-order chi connectivity index (χ0) is 13.8. The summed E-state index contributed by atoms with van der Waals surface area (Å²) in [7, 11) is 1.83. The quantitative estimate of drug-likeness (QED) is 0.868. The van der Waals surface area contributed by atoms with Crippen LogP contribution in [0.3, 0.4) is 0 Å². The van der Waals surface area contributed by atoms with Gasteiger partial charge in [-0.2, -0.15) is 0 Å². The van der Waals surface area contributed by atoms with Gasteiger partial charge in [-0.1, -0.05) is 6.92 Å². The highest BCUT2D eigenvalue weighted by atomic mass is 16.2. The second-order valence-corrected chi connectivity index (χ2v) is 4.65. The second kappa shape index (κ2) is 5.86. The minimum atomic E-state index is 0.132. The SMILES string of the molecule is CCNc1cc(N2CCN(C)C(=O)C2)nc(CC)n1. The van der Waals surface area contributed by atoms with E-state index < -0.39 is 0 Å². The van der Waals surface area contributed by atoms with Gasteiger partial charge in [0, 0.05) is 39.2 Å². The summed E-state index contributed by atoms with van der Waals surface area (Å²) in [6.45, 7) is 6.83. The number of hydrogen-bond donors (Lipinski definition) is 1. The van der Waals surface area contributed by atoms with Crippen LogP contribution in [-0.4, -0.2) is 54.0 Å². The van der Waals surface area contributed by atoms with Gasteiger partial charge in [-0.3, -0.25) is 4.79 Å². The van der Waals surface area contributed by atoms with E-state index in [2.05, 4.69) is 15.3 Å². The molecule has 6 heteroatoms. The molecule has 6 nitrogen and oxygen atoms in total. The van der Waals surface area contributed by atoms with Gasteiger partial charge < -0.3 is 15.1 Å². The fourth-order valence-corrected chi connectivity index (χ4v) is 2.03. The van der Waals surface area contributed by atoms with Crippen molar-refractivity contribution in [2.45, 2.75) is 20.3 Å². The average Bonchev–Trinajstić information content (AvgIpc) is 2.42. The molecule has 0 unspecified atom stereocenters. The lowest BCUT2D eigenvalue weighted by Crippen LogP contribution is -2.48. The minimum absolute atomic E-state index is 0.132. The first kappa shape index (κ1) is 13.6. The lowest BCUT2D eigenvalue weighted by molar-refractivity contribution is -0.129. The van der Waals surface area contributed by atoms with Crippen LogP contribution in [0.25, 0.3) is 0 Å². The Morgan fingerprint density at radius 3 is 2.74 bits per heavy atom. The number of anilines is 2. The number of likely N-dealkylation sites (N-methyl/N-ethyl adjacent to an activating group) is 1. The van der Waals surface area contributed by atoms with Crippen molar-refractivity contribution < 1.29 is 4.79 Å². The summed E-state index contributed by atoms with van der Waals surface area (Å²) >= 11 is 0. The fourth-order valence-electron chi connectivity index (χ4n) is 2.03. The highest BCUT2D eigenvalue weighted by Crippen LogP contribution is 2.18. The highest BCUT2D eigenvalue weighted by Gasteiger charge is 2.22. The Morgan fingerprint density at radius 2 is 2.11 bits per heavy atom. The van der Waals surface area contributed by atoms with E-state index in [0.29, 0.717) is 6.54 Å². The molecule has 0 aromatic carbocycles. The number of nitrogens with one attached hydrogen (secondary N) is 1. The monoisotopic (exact) mass is 263 g/mol. The average molecular weight is 263 g/mol. The van der Waals surface area contributed by atoms with E-state index in [1.54, 1.807) is 4.90 Å². The summed E-state index contributed by atoms with van der Waals surface area (Å²) in [6, 6.07) is 1.92. The third kappa shape index (κ3) is 3.13. The molecule has 1 aromatic rings. The molecule has 0 bridgehead atoms. The maximum absolute atomic E-state index is 11.8. The molecule has 0 saturated carbocycles. The Bertz CT molecular complexity index is 462. The molecule has 2 heterocycles. The van der Waals surface area contributed by atoms with Crippen LogP contribution in [0.1, 0.15) is 19.7 Å². The maximum Gasteiger partial charge on any atom is 0.241 e. The predicted octanol–water partition coefficient (Wildman–Crippen LogP) is 0.749. The third-order valence-corrected chi connectivity index (χ3v) is 3.21. The molecule has 1 amide bonds. The number of hydrogen-bond acceptors (Lipinski definition) is 5. The molecule has 1 saturated heterocycles. The second-order valence-electron chi connectivity index (χ2n) is 4.65. The summed E-state index contributed by atoms with van der Waals surface area (Å²) in [4.78, 5) is 24.5. The van der Waals surface area contributed by atoms with Crippen molar-refractivity contribution in [1.29, 1.82) is 0 Å². The van der Waals surface area contributed by atoms with Crippen LogP contribution in [0, 0.1) is 0 Å². The van der Waals surface area contributed by atoms with Gasteiger partial charge in [0.1, 0.15) is 17.5 Å². The first-order valence-corrected chi connectivity index (χ1v) is 6.74.